The molecule has 1 amide bonds. The molecule has 0 aliphatic heterocycles. The molecular weight excluding hydrogens is 366 g/mol. The molecule has 2 aromatic heterocycles. The Balaban J connectivity index is 1.42. The minimum atomic E-state index is -0.0523. The number of nitrogens with zero attached hydrogens (tertiary/aromatic N) is 5. The van der Waals surface area contributed by atoms with E-state index < -0.39 is 0 Å². The van der Waals surface area contributed by atoms with Crippen LogP contribution in [-0.2, 0) is 4.79 Å². The molecule has 1 aliphatic carbocycles. The van der Waals surface area contributed by atoms with Crippen molar-refractivity contribution >= 4 is 39.2 Å². The SMILES string of the molecule is Cc1nnc(SCC(=O)N(C)[C@@H](C)c2nc3ccccc3s2)n1C1CC1. The number of rotatable bonds is 6. The van der Waals surface area contributed by atoms with Crippen molar-refractivity contribution in [1.29, 1.82) is 0 Å². The number of thiazole rings is 1. The van der Waals surface area contributed by atoms with E-state index in [1.54, 1.807) is 16.2 Å². The van der Waals surface area contributed by atoms with Crippen LogP contribution in [0.3, 0.4) is 0 Å². The van der Waals surface area contributed by atoms with E-state index in [9.17, 15) is 4.79 Å². The second-order valence-electron chi connectivity index (χ2n) is 6.62. The van der Waals surface area contributed by atoms with Crippen molar-refractivity contribution in [2.45, 2.75) is 43.9 Å². The molecular formula is C18H21N5OS2. The van der Waals surface area contributed by atoms with Gasteiger partial charge >= 0.3 is 0 Å². The summed E-state index contributed by atoms with van der Waals surface area (Å²) in [5, 5.41) is 10.2. The maximum atomic E-state index is 12.7. The number of aromatic nitrogens is 4. The average molecular weight is 388 g/mol. The lowest BCUT2D eigenvalue weighted by atomic mass is 10.3. The average Bonchev–Trinajstić information content (AvgIpc) is 3.27. The highest BCUT2D eigenvalue weighted by atomic mass is 32.2. The molecule has 8 heteroatoms. The lowest BCUT2D eigenvalue weighted by Crippen LogP contribution is -2.31. The van der Waals surface area contributed by atoms with Gasteiger partial charge in [0.15, 0.2) is 5.16 Å². The Labute approximate surface area is 160 Å². The number of carbonyl (C=O) groups excluding carboxylic acids is 1. The van der Waals surface area contributed by atoms with Crippen LogP contribution in [0.25, 0.3) is 10.2 Å². The summed E-state index contributed by atoms with van der Waals surface area (Å²) in [6.07, 6.45) is 2.35. The Morgan fingerprint density at radius 1 is 1.38 bits per heavy atom. The molecule has 0 N–H and O–H groups in total. The van der Waals surface area contributed by atoms with Crippen LogP contribution in [0.4, 0.5) is 0 Å². The van der Waals surface area contributed by atoms with Crippen LogP contribution in [0.15, 0.2) is 29.4 Å². The van der Waals surface area contributed by atoms with Gasteiger partial charge in [0.05, 0.1) is 22.0 Å². The highest BCUT2D eigenvalue weighted by Crippen LogP contribution is 2.38. The van der Waals surface area contributed by atoms with E-state index in [2.05, 4.69) is 25.8 Å². The van der Waals surface area contributed by atoms with Crippen molar-refractivity contribution in [3.05, 3.63) is 35.1 Å². The lowest BCUT2D eigenvalue weighted by molar-refractivity contribution is -0.128. The van der Waals surface area contributed by atoms with Gasteiger partial charge in [0, 0.05) is 13.1 Å². The first-order valence-corrected chi connectivity index (χ1v) is 10.5. The third-order valence-corrected chi connectivity index (χ3v) is 6.85. The lowest BCUT2D eigenvalue weighted by Gasteiger charge is -2.23. The largest absolute Gasteiger partial charge is 0.336 e. The molecule has 2 heterocycles. The zero-order chi connectivity index (χ0) is 18.3. The van der Waals surface area contributed by atoms with Crippen molar-refractivity contribution in [1.82, 2.24) is 24.6 Å². The first-order valence-electron chi connectivity index (χ1n) is 8.70. The zero-order valence-corrected chi connectivity index (χ0v) is 16.7. The number of hydrogen-bond donors (Lipinski definition) is 0. The van der Waals surface area contributed by atoms with Crippen LogP contribution in [-0.4, -0.2) is 43.4 Å². The van der Waals surface area contributed by atoms with Crippen molar-refractivity contribution in [3.63, 3.8) is 0 Å². The zero-order valence-electron chi connectivity index (χ0n) is 15.0. The van der Waals surface area contributed by atoms with Gasteiger partial charge in [-0.25, -0.2) is 4.98 Å². The number of benzene rings is 1. The van der Waals surface area contributed by atoms with E-state index in [0.717, 1.165) is 26.2 Å². The van der Waals surface area contributed by atoms with E-state index >= 15 is 0 Å². The fraction of sp³-hybridized carbons (Fsp3) is 0.444. The Kier molecular flexibility index (Phi) is 4.71. The first kappa shape index (κ1) is 17.5. The summed E-state index contributed by atoms with van der Waals surface area (Å²) in [5.74, 6) is 1.36. The molecule has 0 radical (unpaired) electrons. The number of para-hydroxylation sites is 1. The molecule has 0 saturated heterocycles. The topological polar surface area (TPSA) is 63.9 Å². The molecule has 1 saturated carbocycles. The standard InChI is InChI=1S/C18H21N5OS2/c1-11(17-19-14-6-4-5-7-15(14)26-17)22(3)16(24)10-25-18-21-20-12(2)23(18)13-8-9-13/h4-7,11,13H,8-10H2,1-3H3/t11-/m0/s1. The monoisotopic (exact) mass is 387 g/mol. The maximum absolute atomic E-state index is 12.7. The van der Waals surface area contributed by atoms with Crippen molar-refractivity contribution in [2.75, 3.05) is 12.8 Å². The number of aryl methyl sites for hydroxylation is 1. The molecule has 3 aromatic rings. The quantitative estimate of drug-likeness (QED) is 0.601. The molecule has 1 aliphatic rings. The van der Waals surface area contributed by atoms with Crippen molar-refractivity contribution in [3.8, 4) is 0 Å². The van der Waals surface area contributed by atoms with Gasteiger partial charge in [-0.2, -0.15) is 0 Å². The van der Waals surface area contributed by atoms with E-state index in [4.69, 9.17) is 0 Å². The van der Waals surface area contributed by atoms with Crippen LogP contribution >= 0.6 is 23.1 Å². The number of hydrogen-bond acceptors (Lipinski definition) is 6. The summed E-state index contributed by atoms with van der Waals surface area (Å²) < 4.78 is 3.31. The van der Waals surface area contributed by atoms with E-state index in [0.29, 0.717) is 11.8 Å². The number of carbonyl (C=O) groups is 1. The summed E-state index contributed by atoms with van der Waals surface area (Å²) >= 11 is 3.12. The first-order chi connectivity index (χ1) is 12.5. The van der Waals surface area contributed by atoms with Gasteiger partial charge in [-0.05, 0) is 38.8 Å². The molecule has 0 unspecified atom stereocenters. The molecule has 6 nitrogen and oxygen atoms in total. The Bertz CT molecular complexity index is 913. The van der Waals surface area contributed by atoms with Gasteiger partial charge in [-0.15, -0.1) is 21.5 Å². The van der Waals surface area contributed by atoms with Gasteiger partial charge < -0.3 is 9.47 Å². The predicted octanol–water partition coefficient (Wildman–Crippen LogP) is 3.84. The van der Waals surface area contributed by atoms with Crippen molar-refractivity contribution < 1.29 is 4.79 Å². The molecule has 26 heavy (non-hydrogen) atoms. The normalized spacial score (nSPS) is 15.3. The van der Waals surface area contributed by atoms with Crippen LogP contribution in [0.5, 0.6) is 0 Å². The number of amides is 1. The van der Waals surface area contributed by atoms with Gasteiger partial charge in [-0.3, -0.25) is 4.79 Å². The number of thioether (sulfide) groups is 1. The summed E-state index contributed by atoms with van der Waals surface area (Å²) in [7, 11) is 1.84. The summed E-state index contributed by atoms with van der Waals surface area (Å²) in [6, 6.07) is 8.53. The van der Waals surface area contributed by atoms with E-state index in [-0.39, 0.29) is 11.9 Å². The smallest absolute Gasteiger partial charge is 0.233 e. The Morgan fingerprint density at radius 2 is 2.15 bits per heavy atom. The maximum Gasteiger partial charge on any atom is 0.233 e. The minimum Gasteiger partial charge on any atom is -0.336 e. The summed E-state index contributed by atoms with van der Waals surface area (Å²) in [4.78, 5) is 19.1. The van der Waals surface area contributed by atoms with Crippen LogP contribution < -0.4 is 0 Å². The van der Waals surface area contributed by atoms with E-state index in [1.807, 2.05) is 39.1 Å². The van der Waals surface area contributed by atoms with Crippen LogP contribution in [0, 0.1) is 6.92 Å². The molecule has 4 rings (SSSR count). The second-order valence-corrected chi connectivity index (χ2v) is 8.62. The third kappa shape index (κ3) is 3.35. The van der Waals surface area contributed by atoms with Crippen LogP contribution in [0.2, 0.25) is 0 Å². The summed E-state index contributed by atoms with van der Waals surface area (Å²) in [5.41, 5.74) is 0.989. The van der Waals surface area contributed by atoms with E-state index in [1.165, 1.54) is 24.6 Å². The third-order valence-electron chi connectivity index (χ3n) is 4.71. The van der Waals surface area contributed by atoms with Crippen molar-refractivity contribution in [2.24, 2.45) is 0 Å². The number of fused-ring (bicyclic) bond motifs is 1. The van der Waals surface area contributed by atoms with Crippen LogP contribution in [0.1, 0.15) is 42.7 Å². The molecule has 0 bridgehead atoms. The molecule has 136 valence electrons. The van der Waals surface area contributed by atoms with Gasteiger partial charge in [-0.1, -0.05) is 23.9 Å². The highest BCUT2D eigenvalue weighted by Gasteiger charge is 2.29. The fourth-order valence-electron chi connectivity index (χ4n) is 2.88. The highest BCUT2D eigenvalue weighted by molar-refractivity contribution is 7.99. The molecule has 0 spiro atoms. The van der Waals surface area contributed by atoms with Gasteiger partial charge in [0.25, 0.3) is 0 Å². The van der Waals surface area contributed by atoms with Gasteiger partial charge in [0.2, 0.25) is 5.91 Å². The fourth-order valence-corrected chi connectivity index (χ4v) is 4.92. The minimum absolute atomic E-state index is 0.0523. The Hall–Kier alpha value is -1.93. The molecule has 1 aromatic carbocycles. The molecule has 1 atom stereocenters. The Morgan fingerprint density at radius 3 is 2.88 bits per heavy atom. The molecule has 1 fully saturated rings. The summed E-state index contributed by atoms with van der Waals surface area (Å²) in [6.45, 7) is 4.00. The van der Waals surface area contributed by atoms with Gasteiger partial charge in [0.1, 0.15) is 10.8 Å². The second kappa shape index (κ2) is 7.00. The predicted molar refractivity (Wildman–Crippen MR) is 105 cm³/mol.